The van der Waals surface area contributed by atoms with Crippen LogP contribution < -0.4 is 0 Å². The minimum absolute atomic E-state index is 0.00907. The van der Waals surface area contributed by atoms with Crippen LogP contribution in [-0.2, 0) is 11.1 Å². The van der Waals surface area contributed by atoms with Gasteiger partial charge in [-0.2, -0.15) is 0 Å². The van der Waals surface area contributed by atoms with Gasteiger partial charge in [-0.1, -0.05) is 12.1 Å². The van der Waals surface area contributed by atoms with E-state index in [0.717, 1.165) is 5.39 Å². The van der Waals surface area contributed by atoms with Gasteiger partial charge in [-0.3, -0.25) is 0 Å². The summed E-state index contributed by atoms with van der Waals surface area (Å²) in [4.78, 5) is 3.87. The highest BCUT2D eigenvalue weighted by Crippen LogP contribution is 2.22. The Bertz CT molecular complexity index is 512. The first-order valence-electron chi connectivity index (χ1n) is 3.88. The fourth-order valence-corrected chi connectivity index (χ4v) is 1.56. The number of aromatic nitrogens is 1. The highest BCUT2D eigenvalue weighted by Gasteiger charge is 2.05. The number of hydrogen-bond donors (Lipinski definition) is 2. The first-order chi connectivity index (χ1) is 6.68. The summed E-state index contributed by atoms with van der Waals surface area (Å²) in [6, 6.07) is 8.05. The van der Waals surface area contributed by atoms with Crippen molar-refractivity contribution in [1.29, 1.82) is 0 Å². The molecule has 0 radical (unpaired) electrons. The van der Waals surface area contributed by atoms with Crippen LogP contribution in [0.25, 0.3) is 10.9 Å². The highest BCUT2D eigenvalue weighted by atomic mass is 32.2. The summed E-state index contributed by atoms with van der Waals surface area (Å²) in [7, 11) is 0. The molecule has 0 aliphatic heterocycles. The third-order valence-electron chi connectivity index (χ3n) is 1.85. The zero-order chi connectivity index (χ0) is 10.1. The number of nitrogens with zero attached hydrogens (tertiary/aromatic N) is 1. The molecule has 2 N–H and O–H groups in total. The molecule has 1 unspecified atom stereocenters. The Morgan fingerprint density at radius 2 is 2.00 bits per heavy atom. The van der Waals surface area contributed by atoms with E-state index in [-0.39, 0.29) is 10.8 Å². The van der Waals surface area contributed by atoms with Gasteiger partial charge in [0.2, 0.25) is 11.1 Å². The standard InChI is InChI=1S/C9H7NO3S/c11-7-3-1-2-6-4-5-8(14(12)13)10-9(6)7/h1-5,11H,(H,12,13). The quantitative estimate of drug-likeness (QED) is 0.698. The van der Waals surface area contributed by atoms with E-state index in [1.54, 1.807) is 18.2 Å². The molecular formula is C9H7NO3S. The minimum Gasteiger partial charge on any atom is -0.506 e. The third kappa shape index (κ3) is 1.47. The number of hydrogen-bond acceptors (Lipinski definition) is 3. The number of benzene rings is 1. The molecule has 0 amide bonds. The predicted molar refractivity (Wildman–Crippen MR) is 52.4 cm³/mol. The van der Waals surface area contributed by atoms with Crippen molar-refractivity contribution in [1.82, 2.24) is 4.98 Å². The van der Waals surface area contributed by atoms with Gasteiger partial charge in [0.15, 0.2) is 5.03 Å². The Morgan fingerprint density at radius 1 is 1.21 bits per heavy atom. The first kappa shape index (κ1) is 9.11. The van der Waals surface area contributed by atoms with Gasteiger partial charge in [0.1, 0.15) is 11.3 Å². The Hall–Kier alpha value is -1.46. The van der Waals surface area contributed by atoms with E-state index >= 15 is 0 Å². The largest absolute Gasteiger partial charge is 0.506 e. The molecule has 2 rings (SSSR count). The summed E-state index contributed by atoms with van der Waals surface area (Å²) in [5.74, 6) is 0.00907. The topological polar surface area (TPSA) is 70.4 Å². The fourth-order valence-electron chi connectivity index (χ4n) is 1.21. The monoisotopic (exact) mass is 209 g/mol. The maximum atomic E-state index is 10.7. The molecule has 1 aromatic carbocycles. The van der Waals surface area contributed by atoms with Crippen LogP contribution in [0.1, 0.15) is 0 Å². The van der Waals surface area contributed by atoms with Crippen molar-refractivity contribution >= 4 is 22.0 Å². The van der Waals surface area contributed by atoms with Crippen LogP contribution >= 0.6 is 0 Å². The van der Waals surface area contributed by atoms with E-state index in [1.807, 2.05) is 0 Å². The van der Waals surface area contributed by atoms with Gasteiger partial charge in [-0.05, 0) is 18.2 Å². The van der Waals surface area contributed by atoms with Gasteiger partial charge in [-0.25, -0.2) is 9.19 Å². The molecule has 0 fully saturated rings. The number of phenolic OH excluding ortho intramolecular Hbond substituents is 1. The number of aromatic hydroxyl groups is 1. The summed E-state index contributed by atoms with van der Waals surface area (Å²) in [6.07, 6.45) is 0. The van der Waals surface area contributed by atoms with E-state index in [2.05, 4.69) is 4.98 Å². The van der Waals surface area contributed by atoms with Gasteiger partial charge < -0.3 is 9.66 Å². The smallest absolute Gasteiger partial charge is 0.205 e. The number of phenols is 1. The van der Waals surface area contributed by atoms with Gasteiger partial charge in [-0.15, -0.1) is 0 Å². The Balaban J connectivity index is 2.76. The van der Waals surface area contributed by atoms with Crippen molar-refractivity contribution < 1.29 is 13.9 Å². The summed E-state index contributed by atoms with van der Waals surface area (Å²) in [5.41, 5.74) is 0.340. The Kier molecular flexibility index (Phi) is 2.18. The molecule has 72 valence electrons. The van der Waals surface area contributed by atoms with E-state index in [1.165, 1.54) is 12.1 Å². The van der Waals surface area contributed by atoms with Crippen molar-refractivity contribution in [2.24, 2.45) is 0 Å². The van der Waals surface area contributed by atoms with Crippen LogP contribution in [0.4, 0.5) is 0 Å². The maximum absolute atomic E-state index is 10.7. The van der Waals surface area contributed by atoms with Gasteiger partial charge in [0, 0.05) is 5.39 Å². The minimum atomic E-state index is -2.12. The normalized spacial score (nSPS) is 12.9. The molecule has 1 heterocycles. The summed E-state index contributed by atoms with van der Waals surface area (Å²) < 4.78 is 19.5. The summed E-state index contributed by atoms with van der Waals surface area (Å²) in [6.45, 7) is 0. The van der Waals surface area contributed by atoms with Crippen molar-refractivity contribution in [2.45, 2.75) is 5.03 Å². The lowest BCUT2D eigenvalue weighted by molar-refractivity contribution is 0.480. The van der Waals surface area contributed by atoms with Gasteiger partial charge in [0.25, 0.3) is 0 Å². The molecule has 0 saturated heterocycles. The van der Waals surface area contributed by atoms with Crippen LogP contribution in [0.3, 0.4) is 0 Å². The molecule has 0 spiro atoms. The third-order valence-corrected chi connectivity index (χ3v) is 2.44. The number of para-hydroxylation sites is 1. The highest BCUT2D eigenvalue weighted by molar-refractivity contribution is 7.79. The molecule has 14 heavy (non-hydrogen) atoms. The lowest BCUT2D eigenvalue weighted by Crippen LogP contribution is -1.92. The van der Waals surface area contributed by atoms with Gasteiger partial charge >= 0.3 is 0 Å². The van der Waals surface area contributed by atoms with Crippen molar-refractivity contribution in [3.05, 3.63) is 30.3 Å². The Morgan fingerprint density at radius 3 is 2.71 bits per heavy atom. The molecule has 0 aliphatic rings. The fraction of sp³-hybridized carbons (Fsp3) is 0. The van der Waals surface area contributed by atoms with E-state index < -0.39 is 11.1 Å². The average Bonchev–Trinajstić information content (AvgIpc) is 2.18. The number of pyridine rings is 1. The van der Waals surface area contributed by atoms with Crippen molar-refractivity contribution in [2.75, 3.05) is 0 Å². The molecule has 0 saturated carbocycles. The van der Waals surface area contributed by atoms with E-state index in [9.17, 15) is 9.32 Å². The zero-order valence-corrected chi connectivity index (χ0v) is 7.86. The van der Waals surface area contributed by atoms with E-state index in [4.69, 9.17) is 4.55 Å². The lowest BCUT2D eigenvalue weighted by Gasteiger charge is -2.00. The molecule has 5 heteroatoms. The Labute approximate surface area is 82.5 Å². The van der Waals surface area contributed by atoms with Crippen molar-refractivity contribution in [3.8, 4) is 5.75 Å². The maximum Gasteiger partial charge on any atom is 0.205 e. The second-order valence-electron chi connectivity index (χ2n) is 2.75. The second kappa shape index (κ2) is 3.36. The molecule has 1 atom stereocenters. The summed E-state index contributed by atoms with van der Waals surface area (Å²) in [5, 5.41) is 10.2. The lowest BCUT2D eigenvalue weighted by atomic mass is 10.2. The van der Waals surface area contributed by atoms with Crippen LogP contribution in [0, 0.1) is 0 Å². The van der Waals surface area contributed by atoms with Crippen LogP contribution in [0.15, 0.2) is 35.4 Å². The predicted octanol–water partition coefficient (Wildman–Crippen LogP) is 1.52. The van der Waals surface area contributed by atoms with Gasteiger partial charge in [0.05, 0.1) is 0 Å². The molecule has 4 nitrogen and oxygen atoms in total. The average molecular weight is 209 g/mol. The molecule has 2 aromatic rings. The van der Waals surface area contributed by atoms with Crippen LogP contribution in [0.5, 0.6) is 5.75 Å². The van der Waals surface area contributed by atoms with E-state index in [0.29, 0.717) is 5.52 Å². The second-order valence-corrected chi connectivity index (χ2v) is 3.66. The number of fused-ring (bicyclic) bond motifs is 1. The van der Waals surface area contributed by atoms with Crippen LogP contribution in [-0.4, -0.2) is 18.9 Å². The molecule has 1 aromatic heterocycles. The molecular weight excluding hydrogens is 202 g/mol. The molecule has 0 aliphatic carbocycles. The summed E-state index contributed by atoms with van der Waals surface area (Å²) >= 11 is -2.12. The molecule has 0 bridgehead atoms. The van der Waals surface area contributed by atoms with Crippen molar-refractivity contribution in [3.63, 3.8) is 0 Å². The number of rotatable bonds is 1. The van der Waals surface area contributed by atoms with Crippen LogP contribution in [0.2, 0.25) is 0 Å². The SMILES string of the molecule is O=S(O)c1ccc2cccc(O)c2n1. The zero-order valence-electron chi connectivity index (χ0n) is 7.04. The first-order valence-corrected chi connectivity index (χ1v) is 4.99.